The van der Waals surface area contributed by atoms with E-state index in [1.165, 1.54) is 0 Å². The first-order valence-electron chi connectivity index (χ1n) is 10.9. The van der Waals surface area contributed by atoms with Crippen molar-refractivity contribution in [1.29, 1.82) is 0 Å². The van der Waals surface area contributed by atoms with Gasteiger partial charge in [-0.2, -0.15) is 0 Å². The van der Waals surface area contributed by atoms with Gasteiger partial charge in [-0.1, -0.05) is 11.6 Å². The van der Waals surface area contributed by atoms with Crippen LogP contribution in [0.25, 0.3) is 16.9 Å². The van der Waals surface area contributed by atoms with E-state index in [1.807, 2.05) is 49.7 Å². The largest absolute Gasteiger partial charge is 0.495 e. The molecule has 0 aliphatic carbocycles. The third-order valence-corrected chi connectivity index (χ3v) is 5.86. The number of carbonyl (C=O) groups is 1. The van der Waals surface area contributed by atoms with Crippen molar-refractivity contribution >= 4 is 29.0 Å². The average Bonchev–Trinajstić information content (AvgIpc) is 3.21. The van der Waals surface area contributed by atoms with Crippen molar-refractivity contribution in [3.05, 3.63) is 47.2 Å². The number of carbonyl (C=O) groups excluding carboxylic acids is 1. The topological polar surface area (TPSA) is 79.5 Å². The lowest BCUT2D eigenvalue weighted by atomic mass is 10.1. The smallest absolute Gasteiger partial charge is 0.410 e. The fraction of sp³-hybridized carbons (Fsp3) is 0.417. The van der Waals surface area contributed by atoms with Gasteiger partial charge >= 0.3 is 6.09 Å². The number of methoxy groups -OCH3 is 1. The van der Waals surface area contributed by atoms with Crippen LogP contribution in [0.15, 0.2) is 36.7 Å². The molecule has 3 aromatic rings. The molecule has 3 heterocycles. The predicted molar refractivity (Wildman–Crippen MR) is 128 cm³/mol. The van der Waals surface area contributed by atoms with Crippen LogP contribution in [-0.2, 0) is 11.3 Å². The number of halogens is 1. The molecular weight excluding hydrogens is 444 g/mol. The van der Waals surface area contributed by atoms with Gasteiger partial charge in [0.2, 0.25) is 0 Å². The molecule has 1 saturated heterocycles. The van der Waals surface area contributed by atoms with Crippen LogP contribution in [0.1, 0.15) is 26.3 Å². The van der Waals surface area contributed by atoms with Crippen molar-refractivity contribution in [3.8, 4) is 17.0 Å². The van der Waals surface area contributed by atoms with Crippen molar-refractivity contribution in [1.82, 2.24) is 14.3 Å². The number of hydrogen-bond donors (Lipinski definition) is 1. The average molecular weight is 473 g/mol. The van der Waals surface area contributed by atoms with Gasteiger partial charge in [0.1, 0.15) is 17.0 Å². The molecule has 1 fully saturated rings. The van der Waals surface area contributed by atoms with Crippen LogP contribution in [0.4, 0.5) is 10.5 Å². The molecule has 0 atom stereocenters. The van der Waals surface area contributed by atoms with E-state index in [0.29, 0.717) is 42.5 Å². The molecule has 4 rings (SSSR count). The number of aliphatic hydroxyl groups is 1. The monoisotopic (exact) mass is 472 g/mol. The molecule has 0 unspecified atom stereocenters. The zero-order valence-corrected chi connectivity index (χ0v) is 20.1. The molecule has 0 spiro atoms. The summed E-state index contributed by atoms with van der Waals surface area (Å²) < 4.78 is 12.7. The Hall–Kier alpha value is -2.97. The first kappa shape index (κ1) is 23.2. The van der Waals surface area contributed by atoms with Crippen molar-refractivity contribution in [2.45, 2.75) is 33.0 Å². The van der Waals surface area contributed by atoms with Gasteiger partial charge < -0.3 is 28.8 Å². The van der Waals surface area contributed by atoms with Gasteiger partial charge in [-0.15, -0.1) is 0 Å². The highest BCUT2D eigenvalue weighted by Crippen LogP contribution is 2.34. The summed E-state index contributed by atoms with van der Waals surface area (Å²) in [5, 5.41) is 10.3. The third kappa shape index (κ3) is 5.02. The summed E-state index contributed by atoms with van der Waals surface area (Å²) in [6.07, 6.45) is 3.61. The van der Waals surface area contributed by atoms with E-state index >= 15 is 0 Å². The number of benzene rings is 1. The zero-order valence-electron chi connectivity index (χ0n) is 19.3. The summed E-state index contributed by atoms with van der Waals surface area (Å²) in [5.74, 6) is 0.515. The second-order valence-corrected chi connectivity index (χ2v) is 9.44. The van der Waals surface area contributed by atoms with Gasteiger partial charge in [0.25, 0.3) is 0 Å². The minimum absolute atomic E-state index is 0.149. The predicted octanol–water partition coefficient (Wildman–Crippen LogP) is 4.21. The Morgan fingerprint density at radius 1 is 1.18 bits per heavy atom. The molecule has 0 radical (unpaired) electrons. The fourth-order valence-electron chi connectivity index (χ4n) is 3.89. The summed E-state index contributed by atoms with van der Waals surface area (Å²) in [6.45, 7) is 8.10. The van der Waals surface area contributed by atoms with Crippen molar-refractivity contribution < 1.29 is 19.4 Å². The minimum atomic E-state index is -0.498. The number of hydrogen-bond acceptors (Lipinski definition) is 6. The number of piperazine rings is 1. The summed E-state index contributed by atoms with van der Waals surface area (Å²) in [5.41, 5.74) is 3.50. The molecule has 0 saturated carbocycles. The maximum atomic E-state index is 12.3. The Kier molecular flexibility index (Phi) is 6.41. The summed E-state index contributed by atoms with van der Waals surface area (Å²) in [7, 11) is 1.54. The molecule has 0 bridgehead atoms. The van der Waals surface area contributed by atoms with Gasteiger partial charge in [-0.3, -0.25) is 0 Å². The number of amides is 1. The quantitative estimate of drug-likeness (QED) is 0.612. The minimum Gasteiger partial charge on any atom is -0.495 e. The van der Waals surface area contributed by atoms with Gasteiger partial charge in [-0.25, -0.2) is 9.78 Å². The number of aliphatic hydroxyl groups excluding tert-OH is 1. The van der Waals surface area contributed by atoms with Gasteiger partial charge in [0.15, 0.2) is 0 Å². The Bertz CT molecular complexity index is 1160. The first-order valence-corrected chi connectivity index (χ1v) is 11.3. The Balaban J connectivity index is 1.53. The molecule has 9 heteroatoms. The first-order chi connectivity index (χ1) is 15.7. The SMILES string of the molecule is COc1cc(CO)c(-c2cn3ccc(N4CCN(C(=O)OC(C)(C)C)CC4)cc3n2)cc1Cl. The number of anilines is 1. The van der Waals surface area contributed by atoms with Crippen molar-refractivity contribution in [3.63, 3.8) is 0 Å². The number of pyridine rings is 1. The molecular formula is C24H29ClN4O4. The highest BCUT2D eigenvalue weighted by Gasteiger charge is 2.26. The second kappa shape index (κ2) is 9.11. The fourth-order valence-corrected chi connectivity index (χ4v) is 4.13. The van der Waals surface area contributed by atoms with Gasteiger partial charge in [0.05, 0.1) is 24.4 Å². The molecule has 1 aromatic carbocycles. The molecule has 1 aliphatic heterocycles. The van der Waals surface area contributed by atoms with E-state index in [1.54, 1.807) is 24.1 Å². The second-order valence-electron chi connectivity index (χ2n) is 9.03. The lowest BCUT2D eigenvalue weighted by Gasteiger charge is -2.36. The number of nitrogens with zero attached hydrogens (tertiary/aromatic N) is 4. The maximum absolute atomic E-state index is 12.3. The summed E-state index contributed by atoms with van der Waals surface area (Å²) >= 11 is 6.32. The Morgan fingerprint density at radius 3 is 2.55 bits per heavy atom. The highest BCUT2D eigenvalue weighted by molar-refractivity contribution is 6.32. The Labute approximate surface area is 198 Å². The number of aromatic nitrogens is 2. The number of rotatable bonds is 4. The summed E-state index contributed by atoms with van der Waals surface area (Å²) in [6, 6.07) is 7.56. The number of imidazole rings is 1. The molecule has 33 heavy (non-hydrogen) atoms. The van der Waals surface area contributed by atoms with Crippen LogP contribution in [0, 0.1) is 0 Å². The van der Waals surface area contributed by atoms with Crippen LogP contribution in [0.5, 0.6) is 5.75 Å². The van der Waals surface area contributed by atoms with E-state index < -0.39 is 5.60 Å². The third-order valence-electron chi connectivity index (χ3n) is 5.56. The lowest BCUT2D eigenvalue weighted by Crippen LogP contribution is -2.50. The van der Waals surface area contributed by atoms with Crippen LogP contribution in [0.2, 0.25) is 5.02 Å². The van der Waals surface area contributed by atoms with Gasteiger partial charge in [0, 0.05) is 55.9 Å². The highest BCUT2D eigenvalue weighted by atomic mass is 35.5. The normalized spacial score (nSPS) is 14.6. The molecule has 176 valence electrons. The number of ether oxygens (including phenoxy) is 2. The van der Waals surface area contributed by atoms with Gasteiger partial charge in [-0.05, 0) is 44.5 Å². The van der Waals surface area contributed by atoms with E-state index in [2.05, 4.69) is 4.90 Å². The van der Waals surface area contributed by atoms with Crippen LogP contribution < -0.4 is 9.64 Å². The summed E-state index contributed by atoms with van der Waals surface area (Å²) in [4.78, 5) is 21.1. The van der Waals surface area contributed by atoms with Crippen molar-refractivity contribution in [2.24, 2.45) is 0 Å². The zero-order chi connectivity index (χ0) is 23.8. The number of fused-ring (bicyclic) bond motifs is 1. The maximum Gasteiger partial charge on any atom is 0.410 e. The standard InChI is InChI=1S/C24H29ClN4O4/c1-24(2,3)33-23(31)28-9-7-27(8-10-28)17-5-6-29-14-20(26-22(29)12-17)18-13-19(25)21(32-4)11-16(18)15-30/h5-6,11-14,30H,7-10,15H2,1-4H3. The van der Waals surface area contributed by atoms with Crippen LogP contribution in [0.3, 0.4) is 0 Å². The van der Waals surface area contributed by atoms with E-state index in [9.17, 15) is 9.90 Å². The van der Waals surface area contributed by atoms with Crippen LogP contribution in [-0.4, -0.2) is 64.4 Å². The molecule has 2 aromatic heterocycles. The van der Waals surface area contributed by atoms with E-state index in [0.717, 1.165) is 22.6 Å². The van der Waals surface area contributed by atoms with Crippen molar-refractivity contribution in [2.75, 3.05) is 38.2 Å². The molecule has 1 N–H and O–H groups in total. The Morgan fingerprint density at radius 2 is 1.91 bits per heavy atom. The molecule has 1 aliphatic rings. The van der Waals surface area contributed by atoms with E-state index in [-0.39, 0.29) is 12.7 Å². The molecule has 1 amide bonds. The molecule has 8 nitrogen and oxygen atoms in total. The lowest BCUT2D eigenvalue weighted by molar-refractivity contribution is 0.0240. The van der Waals surface area contributed by atoms with E-state index in [4.69, 9.17) is 26.1 Å². The van der Waals surface area contributed by atoms with Crippen LogP contribution >= 0.6 is 11.6 Å².